The second-order valence-corrected chi connectivity index (χ2v) is 7.53. The third kappa shape index (κ3) is 5.22. The molecule has 10 heteroatoms. The highest BCUT2D eigenvalue weighted by Crippen LogP contribution is 2.21. The number of nitriles is 1. The predicted octanol–water partition coefficient (Wildman–Crippen LogP) is 2.23. The molecular weight excluding hydrogens is 400 g/mol. The molecule has 2 aromatic heterocycles. The lowest BCUT2D eigenvalue weighted by molar-refractivity contribution is -0.154. The Morgan fingerprint density at radius 3 is 2.48 bits per heavy atom. The number of fused-ring (bicyclic) bond motifs is 1. The largest absolute Gasteiger partial charge is 0.460 e. The summed E-state index contributed by atoms with van der Waals surface area (Å²) in [5, 5.41) is 22.6. The van der Waals surface area contributed by atoms with E-state index in [1.54, 1.807) is 39.1 Å². The first-order chi connectivity index (χ1) is 14.7. The number of rotatable bonds is 5. The van der Waals surface area contributed by atoms with Crippen LogP contribution in [0.15, 0.2) is 42.7 Å². The summed E-state index contributed by atoms with van der Waals surface area (Å²) in [6.45, 7) is 5.36. The molecule has 0 radical (unpaired) electrons. The minimum atomic E-state index is -0.629. The highest BCUT2D eigenvalue weighted by molar-refractivity contribution is 5.98. The lowest BCUT2D eigenvalue weighted by Gasteiger charge is -2.19. The van der Waals surface area contributed by atoms with Crippen molar-refractivity contribution in [1.29, 1.82) is 10.7 Å². The molecule has 0 saturated heterocycles. The number of ether oxygens (including phenoxy) is 2. The van der Waals surface area contributed by atoms with E-state index in [1.807, 2.05) is 0 Å². The number of hydrogen-bond acceptors (Lipinski definition) is 8. The van der Waals surface area contributed by atoms with Gasteiger partial charge in [0.2, 0.25) is 0 Å². The Kier molecular flexibility index (Phi) is 5.97. The molecule has 0 amide bonds. The number of nitrogens with zero attached hydrogens (tertiary/aromatic N) is 4. The van der Waals surface area contributed by atoms with E-state index in [0.29, 0.717) is 11.3 Å². The molecule has 3 aromatic rings. The van der Waals surface area contributed by atoms with Gasteiger partial charge in [0.05, 0.1) is 17.7 Å². The average Bonchev–Trinajstić information content (AvgIpc) is 3.19. The molecule has 31 heavy (non-hydrogen) atoms. The third-order valence-electron chi connectivity index (χ3n) is 4.01. The maximum Gasteiger partial charge on any atom is 0.343 e. The Hall–Kier alpha value is -4.26. The van der Waals surface area contributed by atoms with E-state index in [-0.39, 0.29) is 29.2 Å². The minimum Gasteiger partial charge on any atom is -0.460 e. The highest BCUT2D eigenvalue weighted by atomic mass is 16.6. The van der Waals surface area contributed by atoms with Crippen LogP contribution in [0.2, 0.25) is 0 Å². The molecule has 10 nitrogen and oxygen atoms in total. The van der Waals surface area contributed by atoms with E-state index in [1.165, 1.54) is 35.1 Å². The van der Waals surface area contributed by atoms with Gasteiger partial charge in [-0.15, -0.1) is 0 Å². The van der Waals surface area contributed by atoms with Crippen LogP contribution in [0.4, 0.5) is 0 Å². The van der Waals surface area contributed by atoms with Crippen LogP contribution in [0.5, 0.6) is 5.75 Å². The Morgan fingerprint density at radius 1 is 1.16 bits per heavy atom. The Balaban J connectivity index is 1.77. The normalized spacial score (nSPS) is 10.9. The lowest BCUT2D eigenvalue weighted by atomic mass is 10.1. The monoisotopic (exact) mass is 420 g/mol. The fourth-order valence-electron chi connectivity index (χ4n) is 2.74. The van der Waals surface area contributed by atoms with Crippen LogP contribution in [-0.4, -0.2) is 38.0 Å². The second-order valence-electron chi connectivity index (χ2n) is 7.53. The fraction of sp³-hybridized carbons (Fsp3) is 0.238. The van der Waals surface area contributed by atoms with Crippen molar-refractivity contribution in [2.45, 2.75) is 32.8 Å². The summed E-state index contributed by atoms with van der Waals surface area (Å²) in [6.07, 6.45) is 2.95. The van der Waals surface area contributed by atoms with Crippen molar-refractivity contribution in [2.75, 3.05) is 0 Å². The maximum atomic E-state index is 12.5. The molecule has 0 saturated carbocycles. The summed E-state index contributed by atoms with van der Waals surface area (Å²) < 4.78 is 12.2. The van der Waals surface area contributed by atoms with Gasteiger partial charge >= 0.3 is 11.9 Å². The molecule has 0 aliphatic heterocycles. The zero-order chi connectivity index (χ0) is 22.6. The molecule has 3 rings (SSSR count). The Bertz CT molecular complexity index is 1190. The highest BCUT2D eigenvalue weighted by Gasteiger charge is 2.20. The van der Waals surface area contributed by atoms with Gasteiger partial charge in [-0.25, -0.2) is 14.3 Å². The zero-order valence-corrected chi connectivity index (χ0v) is 17.2. The molecule has 0 aliphatic rings. The van der Waals surface area contributed by atoms with Crippen molar-refractivity contribution < 1.29 is 19.1 Å². The molecule has 0 aliphatic carbocycles. The summed E-state index contributed by atoms with van der Waals surface area (Å²) in [5.41, 5.74) is 0.918. The van der Waals surface area contributed by atoms with Gasteiger partial charge in [0.15, 0.2) is 17.6 Å². The molecular formula is C21H20N6O4. The average molecular weight is 420 g/mol. The van der Waals surface area contributed by atoms with Crippen LogP contribution >= 0.6 is 0 Å². The number of pyridine rings is 1. The molecule has 158 valence electrons. The molecule has 2 N–H and O–H groups in total. The van der Waals surface area contributed by atoms with E-state index < -0.39 is 17.5 Å². The van der Waals surface area contributed by atoms with Crippen LogP contribution in [0.3, 0.4) is 0 Å². The summed E-state index contributed by atoms with van der Waals surface area (Å²) in [7, 11) is 0. The lowest BCUT2D eigenvalue weighted by Crippen LogP contribution is -2.25. The minimum absolute atomic E-state index is 0.0183. The molecule has 2 heterocycles. The van der Waals surface area contributed by atoms with Gasteiger partial charge in [-0.3, -0.25) is 15.5 Å². The fourth-order valence-corrected chi connectivity index (χ4v) is 2.74. The first-order valence-corrected chi connectivity index (χ1v) is 9.27. The number of esters is 2. The maximum absolute atomic E-state index is 12.5. The van der Waals surface area contributed by atoms with E-state index in [2.05, 4.69) is 15.4 Å². The molecule has 0 atom stereocenters. The number of carbonyl (C=O) groups is 2. The number of amidine groups is 1. The molecule has 0 bridgehead atoms. The molecule has 0 spiro atoms. The number of aromatic nitrogens is 3. The zero-order valence-electron chi connectivity index (χ0n) is 17.2. The molecule has 1 aromatic carbocycles. The standard InChI is InChI=1S/C21H20N6O4/c1-21(2,3)31-17(28)10-15-8-9-16(19-25-12-26-27(15)19)30-20(29)14-6-4-13(5-7-14)18(23)24-11-22/h4-9,12H,10H2,1-3H3,(H2,23,24). The van der Waals surface area contributed by atoms with Gasteiger partial charge < -0.3 is 9.47 Å². The van der Waals surface area contributed by atoms with Crippen molar-refractivity contribution in [3.05, 3.63) is 59.5 Å². The van der Waals surface area contributed by atoms with Crippen molar-refractivity contribution in [1.82, 2.24) is 19.9 Å². The second kappa shape index (κ2) is 8.62. The van der Waals surface area contributed by atoms with Crippen LogP contribution in [0.25, 0.3) is 5.65 Å². The van der Waals surface area contributed by atoms with Gasteiger partial charge in [-0.1, -0.05) is 12.1 Å². The van der Waals surface area contributed by atoms with Crippen LogP contribution in [0, 0.1) is 16.9 Å². The predicted molar refractivity (Wildman–Crippen MR) is 110 cm³/mol. The van der Waals surface area contributed by atoms with Crippen LogP contribution in [-0.2, 0) is 16.0 Å². The summed E-state index contributed by atoms with van der Waals surface area (Å²) in [6, 6.07) is 9.20. The molecule has 0 fully saturated rings. The van der Waals surface area contributed by atoms with Gasteiger partial charge in [0, 0.05) is 5.56 Å². The topological polar surface area (TPSA) is 142 Å². The SMILES string of the molecule is CC(C)(C)OC(=O)Cc1ccc(OC(=O)c2ccc(C(=N)NC#N)cc2)c2ncnn12. The smallest absolute Gasteiger partial charge is 0.343 e. The number of nitrogens with one attached hydrogen (secondary N) is 2. The van der Waals surface area contributed by atoms with Gasteiger partial charge in [-0.2, -0.15) is 10.4 Å². The van der Waals surface area contributed by atoms with E-state index in [9.17, 15) is 9.59 Å². The van der Waals surface area contributed by atoms with E-state index in [4.69, 9.17) is 20.1 Å². The summed E-state index contributed by atoms with van der Waals surface area (Å²) in [5.74, 6) is -0.937. The Labute approximate surface area is 177 Å². The summed E-state index contributed by atoms with van der Waals surface area (Å²) >= 11 is 0. The van der Waals surface area contributed by atoms with Crippen molar-refractivity contribution in [2.24, 2.45) is 0 Å². The van der Waals surface area contributed by atoms with Gasteiger partial charge in [0.1, 0.15) is 17.8 Å². The van der Waals surface area contributed by atoms with Crippen molar-refractivity contribution >= 4 is 23.4 Å². The van der Waals surface area contributed by atoms with Gasteiger partial charge in [-0.05, 0) is 45.0 Å². The van der Waals surface area contributed by atoms with Crippen LogP contribution in [0.1, 0.15) is 42.4 Å². The summed E-state index contributed by atoms with van der Waals surface area (Å²) in [4.78, 5) is 28.8. The quantitative estimate of drug-likeness (QED) is 0.210. The van der Waals surface area contributed by atoms with Crippen LogP contribution < -0.4 is 10.1 Å². The number of carbonyl (C=O) groups excluding carboxylic acids is 2. The first kappa shape index (κ1) is 21.4. The van der Waals surface area contributed by atoms with E-state index >= 15 is 0 Å². The first-order valence-electron chi connectivity index (χ1n) is 9.27. The van der Waals surface area contributed by atoms with E-state index in [0.717, 1.165) is 0 Å². The number of benzene rings is 1. The third-order valence-corrected chi connectivity index (χ3v) is 4.01. The Morgan fingerprint density at radius 2 is 1.84 bits per heavy atom. The van der Waals surface area contributed by atoms with Crippen molar-refractivity contribution in [3.63, 3.8) is 0 Å². The number of hydrogen-bond donors (Lipinski definition) is 2. The molecule has 0 unspecified atom stereocenters. The van der Waals surface area contributed by atoms with Crippen molar-refractivity contribution in [3.8, 4) is 11.9 Å². The van der Waals surface area contributed by atoms with Gasteiger partial charge in [0.25, 0.3) is 0 Å².